The van der Waals surface area contributed by atoms with Gasteiger partial charge >= 0.3 is 0 Å². The molecule has 9 atom stereocenters. The first kappa shape index (κ1) is 18.7. The Kier molecular flexibility index (Phi) is 5.10. The van der Waals surface area contributed by atoms with Crippen molar-refractivity contribution >= 4 is 0 Å². The van der Waals surface area contributed by atoms with E-state index < -0.39 is 0 Å². The predicted octanol–water partition coefficient (Wildman–Crippen LogP) is 3.71. The van der Waals surface area contributed by atoms with Crippen LogP contribution in [0.3, 0.4) is 0 Å². The molecular weight excluding hydrogens is 298 g/mol. The summed E-state index contributed by atoms with van der Waals surface area (Å²) in [4.78, 5) is 0. The molecule has 0 bridgehead atoms. The van der Waals surface area contributed by atoms with Gasteiger partial charge in [0.2, 0.25) is 0 Å². The monoisotopic (exact) mass is 337 g/mol. The van der Waals surface area contributed by atoms with E-state index in [0.717, 1.165) is 32.1 Å². The average molecular weight is 338 g/mol. The molecule has 24 heavy (non-hydrogen) atoms. The van der Waals surface area contributed by atoms with E-state index in [0.29, 0.717) is 23.7 Å². The minimum absolute atomic E-state index is 0.111. The maximum absolute atomic E-state index is 11.1. The number of hydrogen-bond acceptors (Lipinski definition) is 3. The number of hydrogen-bond donors (Lipinski definition) is 3. The van der Waals surface area contributed by atoms with Gasteiger partial charge in [0.25, 0.3) is 0 Å². The molecule has 0 aromatic rings. The highest BCUT2D eigenvalue weighted by Crippen LogP contribution is 2.65. The number of fused-ring (bicyclic) bond motifs is 5. The lowest BCUT2D eigenvalue weighted by molar-refractivity contribution is -0.173. The van der Waals surface area contributed by atoms with Crippen molar-refractivity contribution in [3.05, 3.63) is 0 Å². The number of aliphatic hydroxyl groups is 2. The quantitative estimate of drug-likeness (QED) is 0.631. The van der Waals surface area contributed by atoms with Crippen LogP contribution in [0.15, 0.2) is 0 Å². The fourth-order valence-electron chi connectivity index (χ4n) is 7.40. The lowest BCUT2D eigenvalue weighted by atomic mass is 9.44. The van der Waals surface area contributed by atoms with Gasteiger partial charge in [-0.2, -0.15) is 0 Å². The van der Waals surface area contributed by atoms with Gasteiger partial charge in [-0.05, 0) is 85.9 Å². The second-order valence-electron chi connectivity index (χ2n) is 9.47. The molecule has 3 heteroatoms. The van der Waals surface area contributed by atoms with Gasteiger partial charge in [-0.1, -0.05) is 27.7 Å². The van der Waals surface area contributed by atoms with Gasteiger partial charge in [0.05, 0.1) is 12.2 Å². The van der Waals surface area contributed by atoms with Crippen LogP contribution in [0.5, 0.6) is 0 Å². The molecular formula is C21H39NO2. The third-order valence-electron chi connectivity index (χ3n) is 8.64. The minimum Gasteiger partial charge on any atom is -0.393 e. The molecule has 0 saturated heterocycles. The van der Waals surface area contributed by atoms with Crippen LogP contribution in [-0.2, 0) is 0 Å². The van der Waals surface area contributed by atoms with Crippen LogP contribution in [0.25, 0.3) is 0 Å². The minimum atomic E-state index is -0.196. The van der Waals surface area contributed by atoms with Crippen molar-refractivity contribution in [1.29, 1.82) is 0 Å². The van der Waals surface area contributed by atoms with Crippen molar-refractivity contribution in [2.75, 3.05) is 0 Å². The van der Waals surface area contributed by atoms with Crippen LogP contribution in [-0.4, -0.2) is 28.5 Å². The van der Waals surface area contributed by atoms with Gasteiger partial charge in [0, 0.05) is 6.04 Å². The molecule has 4 saturated carbocycles. The molecule has 4 rings (SSSR count). The molecule has 0 amide bonds. The van der Waals surface area contributed by atoms with Crippen molar-refractivity contribution in [3.63, 3.8) is 0 Å². The molecule has 4 aliphatic rings. The Bertz CT molecular complexity index is 455. The Morgan fingerprint density at radius 1 is 0.917 bits per heavy atom. The Balaban J connectivity index is 0.000000815. The summed E-state index contributed by atoms with van der Waals surface area (Å²) >= 11 is 0. The smallest absolute Gasteiger partial charge is 0.0582 e. The third-order valence-corrected chi connectivity index (χ3v) is 8.64. The molecule has 0 aliphatic heterocycles. The number of aliphatic hydroxyl groups excluding tert-OH is 2. The first-order chi connectivity index (χ1) is 11.4. The first-order valence-electron chi connectivity index (χ1n) is 10.5. The molecule has 140 valence electrons. The summed E-state index contributed by atoms with van der Waals surface area (Å²) in [5.41, 5.74) is 6.83. The molecule has 4 fully saturated rings. The van der Waals surface area contributed by atoms with Gasteiger partial charge < -0.3 is 15.9 Å². The first-order valence-corrected chi connectivity index (χ1v) is 10.5. The zero-order valence-corrected chi connectivity index (χ0v) is 16.2. The van der Waals surface area contributed by atoms with Crippen LogP contribution in [0.4, 0.5) is 0 Å². The van der Waals surface area contributed by atoms with E-state index in [4.69, 9.17) is 5.73 Å². The second-order valence-corrected chi connectivity index (χ2v) is 9.47. The van der Waals surface area contributed by atoms with E-state index in [1.165, 1.54) is 19.3 Å². The van der Waals surface area contributed by atoms with Crippen LogP contribution in [0.1, 0.15) is 79.1 Å². The van der Waals surface area contributed by atoms with Crippen molar-refractivity contribution < 1.29 is 10.2 Å². The van der Waals surface area contributed by atoms with Gasteiger partial charge in [0.1, 0.15) is 0 Å². The largest absolute Gasteiger partial charge is 0.393 e. The van der Waals surface area contributed by atoms with Gasteiger partial charge in [-0.3, -0.25) is 0 Å². The van der Waals surface area contributed by atoms with Crippen LogP contribution in [0, 0.1) is 34.5 Å². The summed E-state index contributed by atoms with van der Waals surface area (Å²) in [6.07, 6.45) is 8.42. The Morgan fingerprint density at radius 3 is 2.33 bits per heavy atom. The molecule has 0 spiro atoms. The number of rotatable bonds is 0. The highest BCUT2D eigenvalue weighted by molar-refractivity contribution is 5.12. The van der Waals surface area contributed by atoms with Gasteiger partial charge in [-0.15, -0.1) is 0 Å². The van der Waals surface area contributed by atoms with Crippen molar-refractivity contribution in [2.45, 2.75) is 97.3 Å². The lowest BCUT2D eigenvalue weighted by Crippen LogP contribution is -2.60. The summed E-state index contributed by atoms with van der Waals surface area (Å²) in [5, 5.41) is 21.2. The Hall–Kier alpha value is -0.120. The van der Waals surface area contributed by atoms with Gasteiger partial charge in [-0.25, -0.2) is 0 Å². The van der Waals surface area contributed by atoms with Crippen LogP contribution >= 0.6 is 0 Å². The topological polar surface area (TPSA) is 66.5 Å². The Labute approximate surface area is 148 Å². The molecule has 4 N–H and O–H groups in total. The van der Waals surface area contributed by atoms with Crippen LogP contribution in [0.2, 0.25) is 0 Å². The molecule has 3 nitrogen and oxygen atoms in total. The highest BCUT2D eigenvalue weighted by atomic mass is 16.3. The second kappa shape index (κ2) is 6.55. The van der Waals surface area contributed by atoms with Crippen molar-refractivity contribution in [1.82, 2.24) is 0 Å². The third kappa shape index (κ3) is 2.57. The fourth-order valence-corrected chi connectivity index (χ4v) is 7.40. The zero-order valence-electron chi connectivity index (χ0n) is 16.2. The fraction of sp³-hybridized carbons (Fsp3) is 1.00. The van der Waals surface area contributed by atoms with E-state index in [9.17, 15) is 10.2 Å². The predicted molar refractivity (Wildman–Crippen MR) is 98.4 cm³/mol. The summed E-state index contributed by atoms with van der Waals surface area (Å²) in [7, 11) is 0. The summed E-state index contributed by atoms with van der Waals surface area (Å²) in [5.74, 6) is 2.40. The van der Waals surface area contributed by atoms with Crippen LogP contribution < -0.4 is 5.73 Å². The highest BCUT2D eigenvalue weighted by Gasteiger charge is 2.62. The van der Waals surface area contributed by atoms with E-state index >= 15 is 0 Å². The molecule has 0 aromatic heterocycles. The molecule has 9 unspecified atom stereocenters. The van der Waals surface area contributed by atoms with Gasteiger partial charge in [0.15, 0.2) is 0 Å². The van der Waals surface area contributed by atoms with E-state index in [1.54, 1.807) is 0 Å². The maximum Gasteiger partial charge on any atom is 0.0582 e. The number of nitrogens with two attached hydrogens (primary N) is 1. The van der Waals surface area contributed by atoms with Crippen molar-refractivity contribution in [2.24, 2.45) is 40.2 Å². The van der Waals surface area contributed by atoms with E-state index in [-0.39, 0.29) is 29.1 Å². The van der Waals surface area contributed by atoms with E-state index in [2.05, 4.69) is 13.8 Å². The molecule has 0 heterocycles. The van der Waals surface area contributed by atoms with Crippen molar-refractivity contribution in [3.8, 4) is 0 Å². The summed E-state index contributed by atoms with van der Waals surface area (Å²) in [6, 6.07) is 0.270. The standard InChI is InChI=1S/C19H33NO2.C2H6/c1-18-8-7-12(21)9-11(18)3-4-13-14-5-6-16(20)19(14,2)10-15(22)17(13)18;1-2/h11-17,21-22H,3-10,20H2,1-2H3;1-2H3. The zero-order chi connectivity index (χ0) is 17.7. The molecule has 4 aliphatic carbocycles. The van der Waals surface area contributed by atoms with E-state index in [1.807, 2.05) is 13.8 Å². The lowest BCUT2D eigenvalue weighted by Gasteiger charge is -2.62. The summed E-state index contributed by atoms with van der Waals surface area (Å²) < 4.78 is 0. The normalized spacial score (nSPS) is 56.4. The molecule has 0 aromatic carbocycles. The Morgan fingerprint density at radius 2 is 1.62 bits per heavy atom. The average Bonchev–Trinajstić information content (AvgIpc) is 2.85. The SMILES string of the molecule is CC.CC12CC(O)C3C(CCC4CC(O)CCC43C)C1CCC2N. The molecule has 0 radical (unpaired) electrons. The summed E-state index contributed by atoms with van der Waals surface area (Å²) in [6.45, 7) is 8.76. The maximum atomic E-state index is 11.1.